The molecule has 1 aliphatic rings. The zero-order valence-corrected chi connectivity index (χ0v) is 11.4. The topological polar surface area (TPSA) is 41.5 Å². The molecule has 0 saturated carbocycles. The average Bonchev–Trinajstić information content (AvgIpc) is 2.53. The van der Waals surface area contributed by atoms with Gasteiger partial charge in [0.15, 0.2) is 5.78 Å². The Morgan fingerprint density at radius 3 is 2.00 bits per heavy atom. The minimum absolute atomic E-state index is 0.00337. The Bertz CT molecular complexity index is 708. The largest absolute Gasteiger partial charge is 0.356 e. The molecule has 1 N–H and O–H groups in total. The number of allylic oxidation sites excluding steroid dienone is 4. The molecule has 0 aromatic heterocycles. The van der Waals surface area contributed by atoms with Crippen LogP contribution in [0.1, 0.15) is 0 Å². The second kappa shape index (κ2) is 6.01. The Morgan fingerprint density at radius 2 is 1.33 bits per heavy atom. The van der Waals surface area contributed by atoms with E-state index in [2.05, 4.69) is 10.3 Å². The van der Waals surface area contributed by atoms with Crippen molar-refractivity contribution in [2.75, 3.05) is 5.32 Å². The van der Waals surface area contributed by atoms with E-state index in [4.69, 9.17) is 0 Å². The molecule has 0 spiro atoms. The number of nitrogens with one attached hydrogen (secondary N) is 1. The van der Waals surface area contributed by atoms with Crippen LogP contribution in [-0.4, -0.2) is 11.5 Å². The Labute approximate surface area is 123 Å². The third-order valence-corrected chi connectivity index (χ3v) is 3.02. The van der Waals surface area contributed by atoms with Gasteiger partial charge in [0.1, 0.15) is 0 Å². The number of nitrogens with zero attached hydrogens (tertiary/aromatic N) is 1. The highest BCUT2D eigenvalue weighted by molar-refractivity contribution is 6.17. The van der Waals surface area contributed by atoms with Crippen LogP contribution < -0.4 is 5.32 Å². The zero-order valence-electron chi connectivity index (χ0n) is 11.4. The van der Waals surface area contributed by atoms with Crippen LogP contribution in [0.4, 0.5) is 17.1 Å². The van der Waals surface area contributed by atoms with Crippen molar-refractivity contribution in [2.45, 2.75) is 0 Å². The number of hydrogen-bond donors (Lipinski definition) is 1. The number of carbonyl (C=O) groups is 1. The van der Waals surface area contributed by atoms with Gasteiger partial charge in [0, 0.05) is 11.4 Å². The molecule has 0 atom stereocenters. The normalized spacial score (nSPS) is 13.3. The summed E-state index contributed by atoms with van der Waals surface area (Å²) in [5.41, 5.74) is 3.69. The summed E-state index contributed by atoms with van der Waals surface area (Å²) in [6.07, 6.45) is 6.48. The third kappa shape index (κ3) is 3.54. The van der Waals surface area contributed by atoms with Crippen molar-refractivity contribution in [3.8, 4) is 0 Å². The standard InChI is InChI=1S/C18H14N2O/c21-18-12-10-17(11-13-18)20-16-8-6-15(7-9-16)19-14-4-2-1-3-5-14/h1-13,19H. The molecular weight excluding hydrogens is 260 g/mol. The first-order valence-corrected chi connectivity index (χ1v) is 6.70. The predicted octanol–water partition coefficient (Wildman–Crippen LogP) is 4.20. The van der Waals surface area contributed by atoms with Crippen molar-refractivity contribution >= 4 is 28.6 Å². The van der Waals surface area contributed by atoms with Crippen molar-refractivity contribution in [1.29, 1.82) is 0 Å². The Balaban J connectivity index is 1.73. The Hall–Kier alpha value is -2.94. The molecule has 0 saturated heterocycles. The first-order valence-electron chi connectivity index (χ1n) is 6.70. The maximum absolute atomic E-state index is 11.0. The molecule has 2 aromatic rings. The predicted molar refractivity (Wildman–Crippen MR) is 86.5 cm³/mol. The molecule has 0 fully saturated rings. The number of anilines is 2. The number of para-hydroxylation sites is 1. The Kier molecular flexibility index (Phi) is 3.74. The van der Waals surface area contributed by atoms with Gasteiger partial charge in [-0.15, -0.1) is 0 Å². The molecule has 0 aliphatic heterocycles. The summed E-state index contributed by atoms with van der Waals surface area (Å²) in [6, 6.07) is 17.8. The lowest BCUT2D eigenvalue weighted by Gasteiger charge is -2.06. The molecule has 0 radical (unpaired) electrons. The lowest BCUT2D eigenvalue weighted by molar-refractivity contribution is -0.110. The monoisotopic (exact) mass is 274 g/mol. The highest BCUT2D eigenvalue weighted by atomic mass is 16.1. The van der Waals surface area contributed by atoms with E-state index in [9.17, 15) is 4.79 Å². The van der Waals surface area contributed by atoms with Crippen LogP contribution in [0, 0.1) is 0 Å². The van der Waals surface area contributed by atoms with E-state index < -0.39 is 0 Å². The number of aliphatic imine (C=N–C) groups is 1. The molecule has 21 heavy (non-hydrogen) atoms. The summed E-state index contributed by atoms with van der Waals surface area (Å²) in [5, 5.41) is 3.32. The van der Waals surface area contributed by atoms with Crippen LogP contribution in [0.5, 0.6) is 0 Å². The van der Waals surface area contributed by atoms with Gasteiger partial charge < -0.3 is 5.32 Å². The fraction of sp³-hybridized carbons (Fsp3) is 0. The van der Waals surface area contributed by atoms with E-state index >= 15 is 0 Å². The molecular formula is C18H14N2O. The quantitative estimate of drug-likeness (QED) is 0.852. The van der Waals surface area contributed by atoms with Crippen LogP contribution in [-0.2, 0) is 4.79 Å². The second-order valence-corrected chi connectivity index (χ2v) is 4.64. The number of carbonyl (C=O) groups excluding carboxylic acids is 1. The third-order valence-electron chi connectivity index (χ3n) is 3.02. The highest BCUT2D eigenvalue weighted by Crippen LogP contribution is 2.20. The van der Waals surface area contributed by atoms with E-state index in [0.717, 1.165) is 22.8 Å². The van der Waals surface area contributed by atoms with Gasteiger partial charge in [-0.2, -0.15) is 0 Å². The van der Waals surface area contributed by atoms with E-state index in [-0.39, 0.29) is 5.78 Å². The zero-order chi connectivity index (χ0) is 14.5. The number of hydrogen-bond acceptors (Lipinski definition) is 3. The summed E-state index contributed by atoms with van der Waals surface area (Å²) in [4.78, 5) is 15.5. The molecule has 0 amide bonds. The van der Waals surface area contributed by atoms with Gasteiger partial charge in [-0.05, 0) is 60.7 Å². The fourth-order valence-electron chi connectivity index (χ4n) is 1.98. The van der Waals surface area contributed by atoms with Crippen LogP contribution in [0.3, 0.4) is 0 Å². The van der Waals surface area contributed by atoms with Crippen LogP contribution in [0.25, 0.3) is 0 Å². The molecule has 102 valence electrons. The van der Waals surface area contributed by atoms with Crippen LogP contribution in [0.2, 0.25) is 0 Å². The molecule has 0 unspecified atom stereocenters. The van der Waals surface area contributed by atoms with Crippen molar-refractivity contribution in [1.82, 2.24) is 0 Å². The lowest BCUT2D eigenvalue weighted by atomic mass is 10.1. The molecule has 3 rings (SSSR count). The van der Waals surface area contributed by atoms with Crippen LogP contribution in [0.15, 0.2) is 83.9 Å². The number of ketones is 1. The molecule has 3 heteroatoms. The van der Waals surface area contributed by atoms with Gasteiger partial charge in [0.2, 0.25) is 0 Å². The minimum Gasteiger partial charge on any atom is -0.356 e. The first-order chi connectivity index (χ1) is 10.3. The maximum Gasteiger partial charge on any atom is 0.178 e. The molecule has 2 aromatic carbocycles. The molecule has 1 aliphatic carbocycles. The lowest BCUT2D eigenvalue weighted by Crippen LogP contribution is -1.98. The van der Waals surface area contributed by atoms with Crippen molar-refractivity contribution in [3.05, 3.63) is 78.9 Å². The highest BCUT2D eigenvalue weighted by Gasteiger charge is 2.00. The number of benzene rings is 2. The average molecular weight is 274 g/mol. The smallest absolute Gasteiger partial charge is 0.178 e. The molecule has 3 nitrogen and oxygen atoms in total. The van der Waals surface area contributed by atoms with E-state index in [1.807, 2.05) is 54.6 Å². The van der Waals surface area contributed by atoms with Gasteiger partial charge in [0.05, 0.1) is 11.4 Å². The SMILES string of the molecule is O=C1C=CC(=Nc2ccc(Nc3ccccc3)cc2)C=C1. The summed E-state index contributed by atoms with van der Waals surface area (Å²) < 4.78 is 0. The van der Waals surface area contributed by atoms with Gasteiger partial charge >= 0.3 is 0 Å². The van der Waals surface area contributed by atoms with Gasteiger partial charge in [0.25, 0.3) is 0 Å². The molecule has 0 bridgehead atoms. The van der Waals surface area contributed by atoms with Gasteiger partial charge in [-0.1, -0.05) is 18.2 Å². The number of rotatable bonds is 3. The second-order valence-electron chi connectivity index (χ2n) is 4.64. The summed E-state index contributed by atoms with van der Waals surface area (Å²) in [7, 11) is 0. The van der Waals surface area contributed by atoms with Gasteiger partial charge in [-0.25, -0.2) is 4.99 Å². The maximum atomic E-state index is 11.0. The first kappa shape index (κ1) is 13.1. The van der Waals surface area contributed by atoms with Gasteiger partial charge in [-0.3, -0.25) is 4.79 Å². The minimum atomic E-state index is -0.00337. The summed E-state index contributed by atoms with van der Waals surface area (Å²) in [5.74, 6) is -0.00337. The summed E-state index contributed by atoms with van der Waals surface area (Å²) >= 11 is 0. The molecule has 0 heterocycles. The van der Waals surface area contributed by atoms with Crippen LogP contribution >= 0.6 is 0 Å². The van der Waals surface area contributed by atoms with E-state index in [1.54, 1.807) is 12.2 Å². The fourth-order valence-corrected chi connectivity index (χ4v) is 1.98. The van der Waals surface area contributed by atoms with E-state index in [1.165, 1.54) is 12.2 Å². The summed E-state index contributed by atoms with van der Waals surface area (Å²) in [6.45, 7) is 0. The Morgan fingerprint density at radius 1 is 0.714 bits per heavy atom. The van der Waals surface area contributed by atoms with Crippen molar-refractivity contribution in [2.24, 2.45) is 4.99 Å². The van der Waals surface area contributed by atoms with Crippen molar-refractivity contribution < 1.29 is 4.79 Å². The van der Waals surface area contributed by atoms with Crippen molar-refractivity contribution in [3.63, 3.8) is 0 Å². The van der Waals surface area contributed by atoms with E-state index in [0.29, 0.717) is 0 Å².